The Balaban J connectivity index is 1.64. The quantitative estimate of drug-likeness (QED) is 0.329. The summed E-state index contributed by atoms with van der Waals surface area (Å²) in [5, 5.41) is 23.8. The monoisotopic (exact) mass is 559 g/mol. The van der Waals surface area contributed by atoms with Crippen LogP contribution in [0.25, 0.3) is 10.2 Å². The minimum Gasteiger partial charge on any atom is -0.454 e. The van der Waals surface area contributed by atoms with Crippen LogP contribution in [0.15, 0.2) is 18.2 Å². The van der Waals surface area contributed by atoms with Gasteiger partial charge in [0.05, 0.1) is 15.2 Å². The van der Waals surface area contributed by atoms with Gasteiger partial charge in [-0.05, 0) is 63.1 Å². The maximum Gasteiger partial charge on any atom is 0.306 e. The van der Waals surface area contributed by atoms with Gasteiger partial charge in [-0.1, -0.05) is 59.4 Å². The molecule has 0 aliphatic carbocycles. The molecule has 0 saturated carbocycles. The number of Topliss-reactive ketones (excluding diaryl/α,β-unsaturated/α-hetero) is 1. The molecule has 2 aliphatic rings. The van der Waals surface area contributed by atoms with Gasteiger partial charge in [-0.3, -0.25) is 9.59 Å². The Morgan fingerprint density at radius 1 is 1.18 bits per heavy atom. The van der Waals surface area contributed by atoms with Crippen molar-refractivity contribution in [3.05, 3.63) is 28.8 Å². The Kier molecular flexibility index (Phi) is 8.91. The minimum atomic E-state index is -1.83. The minimum absolute atomic E-state index is 0.0343. The molecular weight excluding hydrogens is 514 g/mol. The van der Waals surface area contributed by atoms with Crippen LogP contribution in [0.1, 0.15) is 109 Å². The van der Waals surface area contributed by atoms with Crippen LogP contribution < -0.4 is 0 Å². The van der Waals surface area contributed by atoms with Gasteiger partial charge in [0, 0.05) is 17.8 Å². The zero-order valence-electron chi connectivity index (χ0n) is 24.3. The number of carbonyl (C=O) groups is 2. The smallest absolute Gasteiger partial charge is 0.306 e. The summed E-state index contributed by atoms with van der Waals surface area (Å²) in [6.45, 7) is 11.9. The number of rotatable bonds is 4. The number of cyclic esters (lactones) is 1. The normalized spacial score (nSPS) is 34.5. The highest BCUT2D eigenvalue weighted by atomic mass is 32.1. The Morgan fingerprint density at radius 3 is 2.64 bits per heavy atom. The molecule has 6 unspecified atom stereocenters. The summed E-state index contributed by atoms with van der Waals surface area (Å²) >= 11 is 1.56. The Labute approximate surface area is 236 Å². The van der Waals surface area contributed by atoms with Crippen molar-refractivity contribution in [3.8, 4) is 0 Å². The maximum absolute atomic E-state index is 13.7. The van der Waals surface area contributed by atoms with E-state index < -0.39 is 35.0 Å². The number of nitrogens with zero attached hydrogens (tertiary/aromatic N) is 1. The fourth-order valence-corrected chi connectivity index (χ4v) is 6.97. The van der Waals surface area contributed by atoms with Crippen LogP contribution >= 0.6 is 11.3 Å². The van der Waals surface area contributed by atoms with Gasteiger partial charge < -0.3 is 19.7 Å². The molecule has 2 aromatic rings. The van der Waals surface area contributed by atoms with Gasteiger partial charge in [0.15, 0.2) is 12.2 Å². The maximum atomic E-state index is 13.7. The van der Waals surface area contributed by atoms with Crippen molar-refractivity contribution in [2.75, 3.05) is 0 Å². The van der Waals surface area contributed by atoms with Gasteiger partial charge in [-0.15, -0.1) is 11.3 Å². The number of hydrogen-bond donors (Lipinski definition) is 2. The highest BCUT2D eigenvalue weighted by Crippen LogP contribution is 2.54. The van der Waals surface area contributed by atoms with Crippen molar-refractivity contribution in [2.45, 2.75) is 123 Å². The van der Waals surface area contributed by atoms with E-state index in [4.69, 9.17) is 9.47 Å². The van der Waals surface area contributed by atoms with E-state index in [1.165, 1.54) is 0 Å². The third-order valence-electron chi connectivity index (χ3n) is 8.83. The molecule has 8 heteroatoms. The Hall–Kier alpha value is -1.87. The topological polar surface area (TPSA) is 109 Å². The molecule has 4 rings (SSSR count). The summed E-state index contributed by atoms with van der Waals surface area (Å²) in [5.41, 5.74) is -0.329. The summed E-state index contributed by atoms with van der Waals surface area (Å²) in [7, 11) is 0. The summed E-state index contributed by atoms with van der Waals surface area (Å²) < 4.78 is 12.7. The first-order chi connectivity index (χ1) is 18.3. The average molecular weight is 560 g/mol. The number of aliphatic hydroxyl groups excluding tert-OH is 1. The van der Waals surface area contributed by atoms with E-state index in [1.807, 2.05) is 26.8 Å². The third-order valence-corrected chi connectivity index (χ3v) is 9.78. The second-order valence-electron chi connectivity index (χ2n) is 12.7. The lowest BCUT2D eigenvalue weighted by Gasteiger charge is -2.31. The highest BCUT2D eigenvalue weighted by molar-refractivity contribution is 7.18. The van der Waals surface area contributed by atoms with Crippen molar-refractivity contribution >= 4 is 33.3 Å². The van der Waals surface area contributed by atoms with Crippen LogP contribution in [-0.4, -0.2) is 44.4 Å². The third kappa shape index (κ3) is 6.39. The Bertz CT molecular complexity index is 1190. The average Bonchev–Trinajstić information content (AvgIpc) is 3.23. The molecule has 1 aromatic carbocycles. The zero-order chi connectivity index (χ0) is 28.6. The molecule has 3 heterocycles. The van der Waals surface area contributed by atoms with Crippen molar-refractivity contribution in [3.63, 3.8) is 0 Å². The number of aromatic nitrogens is 1. The fraction of sp³-hybridized carbons (Fsp3) is 0.710. The van der Waals surface area contributed by atoms with Crippen LogP contribution in [0.2, 0.25) is 0 Å². The molecule has 2 aliphatic heterocycles. The van der Waals surface area contributed by atoms with E-state index >= 15 is 0 Å². The van der Waals surface area contributed by atoms with Crippen molar-refractivity contribution in [1.29, 1.82) is 0 Å². The van der Waals surface area contributed by atoms with Crippen LogP contribution in [0.4, 0.5) is 0 Å². The first-order valence-corrected chi connectivity index (χ1v) is 15.3. The van der Waals surface area contributed by atoms with Crippen molar-refractivity contribution < 1.29 is 29.3 Å². The summed E-state index contributed by atoms with van der Waals surface area (Å²) in [5.74, 6) is -1.83. The summed E-state index contributed by atoms with van der Waals surface area (Å²) in [6, 6.07) is 5.50. The zero-order valence-corrected chi connectivity index (χ0v) is 25.1. The van der Waals surface area contributed by atoms with Crippen LogP contribution in [0, 0.1) is 24.2 Å². The van der Waals surface area contributed by atoms with Crippen LogP contribution in [0.3, 0.4) is 0 Å². The van der Waals surface area contributed by atoms with Gasteiger partial charge in [-0.25, -0.2) is 4.98 Å². The lowest BCUT2D eigenvalue weighted by Crippen LogP contribution is -2.42. The van der Waals surface area contributed by atoms with Crippen molar-refractivity contribution in [2.24, 2.45) is 17.3 Å². The molecule has 0 amide bonds. The highest BCUT2D eigenvalue weighted by Gasteiger charge is 2.71. The number of benzene rings is 1. The van der Waals surface area contributed by atoms with E-state index in [2.05, 4.69) is 18.8 Å². The predicted octanol–water partition coefficient (Wildman–Crippen LogP) is 6.42. The van der Waals surface area contributed by atoms with Gasteiger partial charge >= 0.3 is 5.97 Å². The van der Waals surface area contributed by atoms with Crippen molar-refractivity contribution in [1.82, 2.24) is 4.98 Å². The van der Waals surface area contributed by atoms with E-state index in [1.54, 1.807) is 30.4 Å². The number of unbranched alkanes of at least 4 members (excludes halogenated alkanes) is 1. The number of thiazole rings is 1. The van der Waals surface area contributed by atoms with E-state index in [-0.39, 0.29) is 18.1 Å². The first-order valence-electron chi connectivity index (χ1n) is 14.5. The van der Waals surface area contributed by atoms with Gasteiger partial charge in [0.2, 0.25) is 5.79 Å². The van der Waals surface area contributed by atoms with Gasteiger partial charge in [-0.2, -0.15) is 0 Å². The lowest BCUT2D eigenvalue weighted by atomic mass is 9.73. The molecule has 6 atom stereocenters. The second-order valence-corrected chi connectivity index (χ2v) is 13.9. The largest absolute Gasteiger partial charge is 0.454 e. The molecule has 2 saturated heterocycles. The van der Waals surface area contributed by atoms with E-state index in [0.29, 0.717) is 24.3 Å². The predicted molar refractivity (Wildman–Crippen MR) is 152 cm³/mol. The molecule has 0 bridgehead atoms. The second kappa shape index (κ2) is 11.6. The number of aliphatic hydroxyl groups is 2. The number of hydrogen-bond acceptors (Lipinski definition) is 8. The molecule has 2 N–H and O–H groups in total. The number of ether oxygens (including phenoxy) is 2. The SMILES string of the molecule is CCCCC1CC(C)CCCC2(C)OC2(O)C(O)C(c2ccc3sc(C)nc3c2)OC(=O)CCC(C)(C)C1=O. The number of esters is 1. The number of fused-ring (bicyclic) bond motifs is 2. The van der Waals surface area contributed by atoms with E-state index in [9.17, 15) is 19.8 Å². The standard InChI is InChI=1S/C31H45NO6S/c1-7-8-11-22-17-19(2)10-9-15-30(6)31(36,38-30)28(35)26(37-25(33)14-16-29(4,5)27(22)34)21-12-13-24-23(18-21)32-20(3)39-24/h12-13,18-19,22,26,28,35-36H,7-11,14-17H2,1-6H3. The summed E-state index contributed by atoms with van der Waals surface area (Å²) in [6.07, 6.45) is 3.73. The van der Waals surface area contributed by atoms with E-state index in [0.717, 1.165) is 53.7 Å². The molecule has 7 nitrogen and oxygen atoms in total. The lowest BCUT2D eigenvalue weighted by molar-refractivity contribution is -0.171. The number of aryl methyl sites for hydroxylation is 1. The first kappa shape index (κ1) is 30.1. The molecule has 0 spiro atoms. The number of ketones is 1. The number of carbonyl (C=O) groups excluding carboxylic acids is 2. The summed E-state index contributed by atoms with van der Waals surface area (Å²) in [4.78, 5) is 31.4. The molecule has 39 heavy (non-hydrogen) atoms. The molecule has 1 aromatic heterocycles. The van der Waals surface area contributed by atoms with Gasteiger partial charge in [0.1, 0.15) is 11.4 Å². The number of epoxide rings is 1. The molecular formula is C31H45NO6S. The fourth-order valence-electron chi connectivity index (χ4n) is 6.17. The van der Waals surface area contributed by atoms with Crippen LogP contribution in [-0.2, 0) is 19.1 Å². The van der Waals surface area contributed by atoms with Crippen LogP contribution in [0.5, 0.6) is 0 Å². The molecule has 0 radical (unpaired) electrons. The van der Waals surface area contributed by atoms with Gasteiger partial charge in [0.25, 0.3) is 0 Å². The molecule has 2 fully saturated rings. The Morgan fingerprint density at radius 2 is 1.92 bits per heavy atom. The molecule has 216 valence electrons.